The summed E-state index contributed by atoms with van der Waals surface area (Å²) in [5, 5.41) is 3.29. The van der Waals surface area contributed by atoms with Crippen LogP contribution in [-0.4, -0.2) is 35.9 Å². The second kappa shape index (κ2) is 8.90. The number of hydrogen-bond donors (Lipinski definition) is 1. The Labute approximate surface area is 102 Å². The first-order chi connectivity index (χ1) is 8.34. The Morgan fingerprint density at radius 1 is 1.41 bits per heavy atom. The molecular weight excluding hydrogens is 218 g/mol. The van der Waals surface area contributed by atoms with E-state index in [4.69, 9.17) is 4.74 Å². The van der Waals surface area contributed by atoms with Gasteiger partial charge in [-0.25, -0.2) is 9.78 Å². The van der Waals surface area contributed by atoms with E-state index in [1.54, 1.807) is 16.8 Å². The van der Waals surface area contributed by atoms with Crippen molar-refractivity contribution in [1.82, 2.24) is 14.9 Å². The lowest BCUT2D eigenvalue weighted by Gasteiger charge is -2.06. The van der Waals surface area contributed by atoms with Gasteiger partial charge < -0.3 is 10.1 Å². The molecule has 0 spiro atoms. The summed E-state index contributed by atoms with van der Waals surface area (Å²) in [4.78, 5) is 15.0. The summed E-state index contributed by atoms with van der Waals surface area (Å²) in [6.45, 7) is 6.04. The van der Waals surface area contributed by atoms with Crippen molar-refractivity contribution in [1.29, 1.82) is 0 Å². The molecule has 0 fully saturated rings. The van der Waals surface area contributed by atoms with Crippen LogP contribution in [0.15, 0.2) is 23.3 Å². The largest absolute Gasteiger partial charge is 0.382 e. The zero-order valence-electron chi connectivity index (χ0n) is 10.4. The topological polar surface area (TPSA) is 56.1 Å². The molecule has 0 unspecified atom stereocenters. The van der Waals surface area contributed by atoms with E-state index in [0.29, 0.717) is 6.54 Å². The van der Waals surface area contributed by atoms with Crippen LogP contribution >= 0.6 is 0 Å². The van der Waals surface area contributed by atoms with Crippen molar-refractivity contribution in [3.8, 4) is 0 Å². The fourth-order valence-electron chi connectivity index (χ4n) is 1.48. The highest BCUT2D eigenvalue weighted by molar-refractivity contribution is 4.80. The van der Waals surface area contributed by atoms with E-state index in [0.717, 1.165) is 39.1 Å². The second-order valence-electron chi connectivity index (χ2n) is 3.75. The average Bonchev–Trinajstić information content (AvgIpc) is 2.35. The van der Waals surface area contributed by atoms with Crippen molar-refractivity contribution in [2.45, 2.75) is 26.3 Å². The Morgan fingerprint density at radius 3 is 3.06 bits per heavy atom. The third-order valence-electron chi connectivity index (χ3n) is 2.41. The summed E-state index contributed by atoms with van der Waals surface area (Å²) in [7, 11) is 0. The first-order valence-corrected chi connectivity index (χ1v) is 6.14. The van der Waals surface area contributed by atoms with Gasteiger partial charge in [0.2, 0.25) is 0 Å². The van der Waals surface area contributed by atoms with Crippen LogP contribution < -0.4 is 11.0 Å². The number of nitrogens with one attached hydrogen (secondary N) is 1. The van der Waals surface area contributed by atoms with Gasteiger partial charge in [-0.1, -0.05) is 0 Å². The zero-order chi connectivity index (χ0) is 12.3. The highest BCUT2D eigenvalue weighted by Gasteiger charge is 1.94. The molecule has 0 aliphatic heterocycles. The van der Waals surface area contributed by atoms with Crippen molar-refractivity contribution >= 4 is 0 Å². The Hall–Kier alpha value is -1.20. The molecule has 0 bridgehead atoms. The summed E-state index contributed by atoms with van der Waals surface area (Å²) in [6.07, 6.45) is 5.45. The van der Waals surface area contributed by atoms with Crippen LogP contribution in [-0.2, 0) is 11.3 Å². The Bertz CT molecular complexity index is 352. The standard InChI is InChI=1S/C12H21N3O2/c1-2-17-11-4-3-6-13-8-10-15-9-5-7-14-12(15)16/h5,7,9,13H,2-4,6,8,10-11H2,1H3. The van der Waals surface area contributed by atoms with Crippen molar-refractivity contribution in [3.05, 3.63) is 28.9 Å². The number of unbranched alkanes of at least 4 members (excludes halogenated alkanes) is 1. The second-order valence-corrected chi connectivity index (χ2v) is 3.75. The van der Waals surface area contributed by atoms with Crippen molar-refractivity contribution in [2.24, 2.45) is 0 Å². The quantitative estimate of drug-likeness (QED) is 0.643. The van der Waals surface area contributed by atoms with E-state index in [1.807, 2.05) is 6.92 Å². The molecule has 1 heterocycles. The molecule has 0 radical (unpaired) electrons. The lowest BCUT2D eigenvalue weighted by molar-refractivity contribution is 0.143. The minimum atomic E-state index is -0.189. The normalized spacial score (nSPS) is 10.6. The molecule has 0 aliphatic rings. The molecular formula is C12H21N3O2. The van der Waals surface area contributed by atoms with Gasteiger partial charge in [0.1, 0.15) is 0 Å². The van der Waals surface area contributed by atoms with Crippen LogP contribution in [0, 0.1) is 0 Å². The zero-order valence-corrected chi connectivity index (χ0v) is 10.4. The van der Waals surface area contributed by atoms with Gasteiger partial charge in [-0.15, -0.1) is 0 Å². The molecule has 96 valence electrons. The van der Waals surface area contributed by atoms with E-state index >= 15 is 0 Å². The molecule has 1 N–H and O–H groups in total. The highest BCUT2D eigenvalue weighted by Crippen LogP contribution is 1.88. The summed E-state index contributed by atoms with van der Waals surface area (Å²) in [5.41, 5.74) is -0.189. The fraction of sp³-hybridized carbons (Fsp3) is 0.667. The SMILES string of the molecule is CCOCCCCNCCn1cccnc1=O. The molecule has 0 aromatic carbocycles. The van der Waals surface area contributed by atoms with E-state index in [9.17, 15) is 4.79 Å². The fourth-order valence-corrected chi connectivity index (χ4v) is 1.48. The molecule has 0 atom stereocenters. The molecule has 1 aromatic heterocycles. The number of hydrogen-bond acceptors (Lipinski definition) is 4. The lowest BCUT2D eigenvalue weighted by Crippen LogP contribution is -2.28. The van der Waals surface area contributed by atoms with Crippen LogP contribution in [0.4, 0.5) is 0 Å². The van der Waals surface area contributed by atoms with Crippen molar-refractivity contribution in [2.75, 3.05) is 26.3 Å². The van der Waals surface area contributed by atoms with Gasteiger partial charge in [0.15, 0.2) is 0 Å². The van der Waals surface area contributed by atoms with Gasteiger partial charge in [0.05, 0.1) is 0 Å². The monoisotopic (exact) mass is 239 g/mol. The van der Waals surface area contributed by atoms with Crippen molar-refractivity contribution < 1.29 is 4.74 Å². The number of nitrogens with zero attached hydrogens (tertiary/aromatic N) is 2. The van der Waals surface area contributed by atoms with Gasteiger partial charge in [-0.2, -0.15) is 0 Å². The maximum absolute atomic E-state index is 11.3. The van der Waals surface area contributed by atoms with Crippen LogP contribution in [0.25, 0.3) is 0 Å². The van der Waals surface area contributed by atoms with Gasteiger partial charge in [0, 0.05) is 38.7 Å². The van der Waals surface area contributed by atoms with E-state index < -0.39 is 0 Å². The molecule has 1 rings (SSSR count). The summed E-state index contributed by atoms with van der Waals surface area (Å²) in [6, 6.07) is 1.77. The summed E-state index contributed by atoms with van der Waals surface area (Å²) >= 11 is 0. The smallest absolute Gasteiger partial charge is 0.347 e. The van der Waals surface area contributed by atoms with E-state index in [2.05, 4.69) is 10.3 Å². The maximum atomic E-state index is 11.3. The predicted octanol–water partition coefficient (Wildman–Crippen LogP) is 0.650. The first-order valence-electron chi connectivity index (χ1n) is 6.14. The molecule has 0 aliphatic carbocycles. The Kier molecular flexibility index (Phi) is 7.25. The van der Waals surface area contributed by atoms with Gasteiger partial charge in [-0.3, -0.25) is 4.57 Å². The van der Waals surface area contributed by atoms with Gasteiger partial charge >= 0.3 is 5.69 Å². The minimum Gasteiger partial charge on any atom is -0.382 e. The third-order valence-corrected chi connectivity index (χ3v) is 2.41. The molecule has 0 saturated carbocycles. The lowest BCUT2D eigenvalue weighted by atomic mass is 10.3. The van der Waals surface area contributed by atoms with Crippen LogP contribution in [0.3, 0.4) is 0 Å². The highest BCUT2D eigenvalue weighted by atomic mass is 16.5. The number of aromatic nitrogens is 2. The van der Waals surface area contributed by atoms with Gasteiger partial charge in [0.25, 0.3) is 0 Å². The molecule has 5 heteroatoms. The Morgan fingerprint density at radius 2 is 2.29 bits per heavy atom. The Balaban J connectivity index is 2.01. The minimum absolute atomic E-state index is 0.189. The first kappa shape index (κ1) is 13.9. The predicted molar refractivity (Wildman–Crippen MR) is 67.1 cm³/mol. The summed E-state index contributed by atoms with van der Waals surface area (Å²) < 4.78 is 6.85. The summed E-state index contributed by atoms with van der Waals surface area (Å²) in [5.74, 6) is 0. The molecule has 0 saturated heterocycles. The third kappa shape index (κ3) is 6.19. The molecule has 17 heavy (non-hydrogen) atoms. The van der Waals surface area contributed by atoms with Crippen LogP contribution in [0.2, 0.25) is 0 Å². The number of rotatable bonds is 9. The van der Waals surface area contributed by atoms with E-state index in [-0.39, 0.29) is 5.69 Å². The van der Waals surface area contributed by atoms with E-state index in [1.165, 1.54) is 6.20 Å². The van der Waals surface area contributed by atoms with Crippen LogP contribution in [0.5, 0.6) is 0 Å². The molecule has 1 aromatic rings. The van der Waals surface area contributed by atoms with Crippen LogP contribution in [0.1, 0.15) is 19.8 Å². The molecule has 0 amide bonds. The average molecular weight is 239 g/mol. The maximum Gasteiger partial charge on any atom is 0.347 e. The van der Waals surface area contributed by atoms with Crippen molar-refractivity contribution in [3.63, 3.8) is 0 Å². The molecule has 5 nitrogen and oxygen atoms in total. The number of ether oxygens (including phenoxy) is 1. The van der Waals surface area contributed by atoms with Gasteiger partial charge in [-0.05, 0) is 32.4 Å².